The number of aromatic nitrogens is 2. The first-order valence-corrected chi connectivity index (χ1v) is 5.78. The zero-order valence-corrected chi connectivity index (χ0v) is 10.1. The van der Waals surface area contributed by atoms with Crippen LogP contribution in [0.1, 0.15) is 29.5 Å². The lowest BCUT2D eigenvalue weighted by atomic mass is 9.96. The number of nitrogens with two attached hydrogens (primary N) is 1. The van der Waals surface area contributed by atoms with Crippen molar-refractivity contribution in [3.8, 4) is 0 Å². The predicted molar refractivity (Wildman–Crippen MR) is 63.4 cm³/mol. The van der Waals surface area contributed by atoms with Crippen molar-refractivity contribution >= 4 is 11.6 Å². The largest absolute Gasteiger partial charge is 0.395 e. The van der Waals surface area contributed by atoms with E-state index < -0.39 is 6.10 Å². The number of piperidine rings is 1. The highest BCUT2D eigenvalue weighted by atomic mass is 16.3. The van der Waals surface area contributed by atoms with Crippen LogP contribution in [0.3, 0.4) is 0 Å². The number of β-amino-alcohol motifs (C(OH)–C–C–N with tert-alkyl or cyclic N) is 1. The molecule has 1 aliphatic heterocycles. The van der Waals surface area contributed by atoms with Gasteiger partial charge in [-0.25, -0.2) is 0 Å². The van der Waals surface area contributed by atoms with E-state index in [1.165, 1.54) is 0 Å². The van der Waals surface area contributed by atoms with E-state index in [2.05, 4.69) is 10.2 Å². The minimum atomic E-state index is -0.464. The van der Waals surface area contributed by atoms with Gasteiger partial charge < -0.3 is 15.7 Å². The molecule has 0 saturated carbocycles. The van der Waals surface area contributed by atoms with Crippen LogP contribution in [-0.4, -0.2) is 45.3 Å². The van der Waals surface area contributed by atoms with Crippen LogP contribution in [0.25, 0.3) is 0 Å². The Morgan fingerprint density at radius 2 is 2.35 bits per heavy atom. The SMILES string of the molecule is Cc1[nH]nc(C(=O)N2CCC(C)C(O)C2)c1N. The van der Waals surface area contributed by atoms with Crippen LogP contribution >= 0.6 is 0 Å². The van der Waals surface area contributed by atoms with Crippen LogP contribution in [0.5, 0.6) is 0 Å². The number of amides is 1. The average molecular weight is 238 g/mol. The first-order chi connectivity index (χ1) is 8.00. The molecule has 94 valence electrons. The molecule has 0 bridgehead atoms. The predicted octanol–water partition coefficient (Wildman–Crippen LogP) is 0.143. The summed E-state index contributed by atoms with van der Waals surface area (Å²) in [5.41, 5.74) is 7.11. The number of aryl methyl sites for hydroxylation is 1. The number of aliphatic hydroxyl groups is 1. The van der Waals surface area contributed by atoms with Crippen molar-refractivity contribution in [2.45, 2.75) is 26.4 Å². The van der Waals surface area contributed by atoms with Gasteiger partial charge in [0.1, 0.15) is 0 Å². The van der Waals surface area contributed by atoms with E-state index >= 15 is 0 Å². The Morgan fingerprint density at radius 1 is 1.65 bits per heavy atom. The second-order valence-corrected chi connectivity index (χ2v) is 4.70. The van der Waals surface area contributed by atoms with Crippen LogP contribution in [0, 0.1) is 12.8 Å². The van der Waals surface area contributed by atoms with E-state index in [0.29, 0.717) is 24.5 Å². The standard InChI is InChI=1S/C11H18N4O2/c1-6-3-4-15(5-8(6)16)11(17)10-9(12)7(2)13-14-10/h6,8,16H,3-5,12H2,1-2H3,(H,13,14). The fourth-order valence-electron chi connectivity index (χ4n) is 1.98. The molecule has 17 heavy (non-hydrogen) atoms. The number of anilines is 1. The third kappa shape index (κ3) is 2.12. The molecule has 1 amide bonds. The molecule has 4 N–H and O–H groups in total. The molecule has 1 aromatic rings. The third-order valence-electron chi connectivity index (χ3n) is 3.40. The molecule has 2 rings (SSSR count). The number of rotatable bonds is 1. The highest BCUT2D eigenvalue weighted by Crippen LogP contribution is 2.21. The summed E-state index contributed by atoms with van der Waals surface area (Å²) < 4.78 is 0. The summed E-state index contributed by atoms with van der Waals surface area (Å²) in [6, 6.07) is 0. The smallest absolute Gasteiger partial charge is 0.276 e. The van der Waals surface area contributed by atoms with Crippen LogP contribution in [0.4, 0.5) is 5.69 Å². The van der Waals surface area contributed by atoms with Gasteiger partial charge >= 0.3 is 0 Å². The second kappa shape index (κ2) is 4.37. The van der Waals surface area contributed by atoms with Crippen molar-refractivity contribution in [3.63, 3.8) is 0 Å². The summed E-state index contributed by atoms with van der Waals surface area (Å²) in [5.74, 6) is 0.0233. The fraction of sp³-hybridized carbons (Fsp3) is 0.636. The topological polar surface area (TPSA) is 95.2 Å². The summed E-state index contributed by atoms with van der Waals surface area (Å²) in [5, 5.41) is 16.4. The monoisotopic (exact) mass is 238 g/mol. The Morgan fingerprint density at radius 3 is 2.88 bits per heavy atom. The Labute approximate surface area is 99.8 Å². The van der Waals surface area contributed by atoms with Gasteiger partial charge in [-0.15, -0.1) is 0 Å². The van der Waals surface area contributed by atoms with Crippen LogP contribution in [-0.2, 0) is 0 Å². The summed E-state index contributed by atoms with van der Waals surface area (Å²) in [6.07, 6.45) is 0.338. The second-order valence-electron chi connectivity index (χ2n) is 4.70. The molecule has 2 unspecified atom stereocenters. The van der Waals surface area contributed by atoms with Gasteiger partial charge in [-0.05, 0) is 19.3 Å². The number of hydrogen-bond donors (Lipinski definition) is 3. The Kier molecular flexibility index (Phi) is 3.06. The molecule has 2 atom stereocenters. The average Bonchev–Trinajstić information content (AvgIpc) is 2.63. The van der Waals surface area contributed by atoms with E-state index in [4.69, 9.17) is 5.73 Å². The Bertz CT molecular complexity index is 429. The number of carbonyl (C=O) groups excluding carboxylic acids is 1. The summed E-state index contributed by atoms with van der Waals surface area (Å²) in [4.78, 5) is 13.7. The van der Waals surface area contributed by atoms with Gasteiger partial charge in [-0.2, -0.15) is 5.10 Å². The zero-order chi connectivity index (χ0) is 12.6. The number of aliphatic hydroxyl groups excluding tert-OH is 1. The normalized spacial score (nSPS) is 25.0. The van der Waals surface area contributed by atoms with Crippen molar-refractivity contribution in [1.29, 1.82) is 0 Å². The lowest BCUT2D eigenvalue weighted by Gasteiger charge is -2.33. The molecule has 1 aromatic heterocycles. The first kappa shape index (κ1) is 11.9. The van der Waals surface area contributed by atoms with Gasteiger partial charge in [0.25, 0.3) is 5.91 Å². The van der Waals surface area contributed by atoms with Crippen LogP contribution < -0.4 is 5.73 Å². The molecule has 2 heterocycles. The number of nitrogens with one attached hydrogen (secondary N) is 1. The number of hydrogen-bond acceptors (Lipinski definition) is 4. The molecular weight excluding hydrogens is 220 g/mol. The maximum Gasteiger partial charge on any atom is 0.276 e. The number of H-pyrrole nitrogens is 1. The van der Waals surface area contributed by atoms with Crippen molar-refractivity contribution in [2.24, 2.45) is 5.92 Å². The molecule has 6 heteroatoms. The third-order valence-corrected chi connectivity index (χ3v) is 3.40. The molecular formula is C11H18N4O2. The number of nitrogen functional groups attached to an aromatic ring is 1. The fourth-order valence-corrected chi connectivity index (χ4v) is 1.98. The molecule has 0 spiro atoms. The molecule has 1 aliphatic rings. The van der Waals surface area contributed by atoms with Gasteiger partial charge in [0.15, 0.2) is 5.69 Å². The molecule has 6 nitrogen and oxygen atoms in total. The van der Waals surface area contributed by atoms with Gasteiger partial charge in [0.2, 0.25) is 0 Å². The molecule has 0 radical (unpaired) electrons. The maximum atomic E-state index is 12.1. The Hall–Kier alpha value is -1.56. The lowest BCUT2D eigenvalue weighted by molar-refractivity contribution is 0.0246. The van der Waals surface area contributed by atoms with Crippen LogP contribution in [0.2, 0.25) is 0 Å². The number of carbonyl (C=O) groups is 1. The maximum absolute atomic E-state index is 12.1. The summed E-state index contributed by atoms with van der Waals surface area (Å²) in [6.45, 7) is 4.75. The zero-order valence-electron chi connectivity index (χ0n) is 10.1. The lowest BCUT2D eigenvalue weighted by Crippen LogP contribution is -2.46. The number of likely N-dealkylation sites (tertiary alicyclic amines) is 1. The van der Waals surface area contributed by atoms with Gasteiger partial charge in [0, 0.05) is 13.1 Å². The first-order valence-electron chi connectivity index (χ1n) is 5.78. The molecule has 1 saturated heterocycles. The quantitative estimate of drug-likeness (QED) is 0.648. The van der Waals surface area contributed by atoms with Gasteiger partial charge in [-0.1, -0.05) is 6.92 Å². The molecule has 1 fully saturated rings. The van der Waals surface area contributed by atoms with Crippen molar-refractivity contribution < 1.29 is 9.90 Å². The Balaban J connectivity index is 2.13. The van der Waals surface area contributed by atoms with Gasteiger partial charge in [0.05, 0.1) is 17.5 Å². The highest BCUT2D eigenvalue weighted by molar-refractivity contribution is 5.97. The van der Waals surface area contributed by atoms with E-state index in [9.17, 15) is 9.90 Å². The number of aromatic amines is 1. The van der Waals surface area contributed by atoms with Crippen molar-refractivity contribution in [2.75, 3.05) is 18.8 Å². The van der Waals surface area contributed by atoms with E-state index in [1.807, 2.05) is 6.92 Å². The van der Waals surface area contributed by atoms with E-state index in [-0.39, 0.29) is 17.5 Å². The van der Waals surface area contributed by atoms with E-state index in [1.54, 1.807) is 11.8 Å². The summed E-state index contributed by atoms with van der Waals surface area (Å²) in [7, 11) is 0. The molecule has 0 aliphatic carbocycles. The summed E-state index contributed by atoms with van der Waals surface area (Å²) >= 11 is 0. The minimum Gasteiger partial charge on any atom is -0.395 e. The van der Waals surface area contributed by atoms with Gasteiger partial charge in [-0.3, -0.25) is 9.89 Å². The minimum absolute atomic E-state index is 0.210. The van der Waals surface area contributed by atoms with Crippen molar-refractivity contribution in [1.82, 2.24) is 15.1 Å². The van der Waals surface area contributed by atoms with E-state index in [0.717, 1.165) is 6.42 Å². The highest BCUT2D eigenvalue weighted by Gasteiger charge is 2.30. The van der Waals surface area contributed by atoms with Crippen LogP contribution in [0.15, 0.2) is 0 Å². The number of nitrogens with zero attached hydrogens (tertiary/aromatic N) is 2. The van der Waals surface area contributed by atoms with Crippen molar-refractivity contribution in [3.05, 3.63) is 11.4 Å². The molecule has 0 aromatic carbocycles.